The second-order valence-electron chi connectivity index (χ2n) is 5.97. The third-order valence-electron chi connectivity index (χ3n) is 4.74. The molecule has 1 heterocycles. The zero-order valence-corrected chi connectivity index (χ0v) is 13.0. The molecular weight excluding hydrogens is 321 g/mol. The van der Waals surface area contributed by atoms with Crippen LogP contribution in [-0.2, 0) is 0 Å². The van der Waals surface area contributed by atoms with Gasteiger partial charge in [0.1, 0.15) is 5.82 Å². The van der Waals surface area contributed by atoms with Crippen molar-refractivity contribution in [2.24, 2.45) is 11.8 Å². The number of rotatable bonds is 1. The summed E-state index contributed by atoms with van der Waals surface area (Å²) < 4.78 is 14.6. The highest BCUT2D eigenvalue weighted by Gasteiger charge is 2.33. The van der Waals surface area contributed by atoms with Gasteiger partial charge in [-0.2, -0.15) is 0 Å². The molecule has 108 valence electrons. The van der Waals surface area contributed by atoms with Gasteiger partial charge in [-0.3, -0.25) is 4.79 Å². The van der Waals surface area contributed by atoms with E-state index in [1.54, 1.807) is 12.1 Å². The molecule has 3 rings (SSSR count). The number of hydrogen-bond acceptors (Lipinski definition) is 1. The summed E-state index contributed by atoms with van der Waals surface area (Å²) in [4.78, 5) is 14.4. The molecule has 0 aromatic heterocycles. The van der Waals surface area contributed by atoms with Crippen LogP contribution in [-0.4, -0.2) is 23.9 Å². The molecule has 0 N–H and O–H groups in total. The molecule has 1 aromatic rings. The van der Waals surface area contributed by atoms with Crippen molar-refractivity contribution in [1.29, 1.82) is 0 Å². The summed E-state index contributed by atoms with van der Waals surface area (Å²) in [6.45, 7) is 1.57. The Morgan fingerprint density at radius 2 is 1.95 bits per heavy atom. The van der Waals surface area contributed by atoms with Crippen molar-refractivity contribution in [2.45, 2.75) is 32.1 Å². The summed E-state index contributed by atoms with van der Waals surface area (Å²) in [5.74, 6) is 0.814. The molecule has 1 saturated heterocycles. The second-order valence-corrected chi connectivity index (χ2v) is 6.88. The van der Waals surface area contributed by atoms with Crippen molar-refractivity contribution in [3.63, 3.8) is 0 Å². The lowest BCUT2D eigenvalue weighted by Gasteiger charge is -2.41. The number of piperidine rings is 1. The summed E-state index contributed by atoms with van der Waals surface area (Å²) in [7, 11) is 0. The maximum absolute atomic E-state index is 13.8. The number of likely N-dealkylation sites (tertiary alicyclic amines) is 1. The van der Waals surface area contributed by atoms with E-state index in [0.717, 1.165) is 29.9 Å². The molecule has 1 saturated carbocycles. The van der Waals surface area contributed by atoms with E-state index >= 15 is 0 Å². The van der Waals surface area contributed by atoms with E-state index in [9.17, 15) is 9.18 Å². The minimum absolute atomic E-state index is 0.159. The molecule has 0 unspecified atom stereocenters. The summed E-state index contributed by atoms with van der Waals surface area (Å²) in [6.07, 6.45) is 6.20. The molecule has 1 aliphatic carbocycles. The van der Waals surface area contributed by atoms with Gasteiger partial charge >= 0.3 is 0 Å². The first-order chi connectivity index (χ1) is 9.65. The minimum atomic E-state index is -0.427. The van der Waals surface area contributed by atoms with Gasteiger partial charge in [0.2, 0.25) is 0 Å². The van der Waals surface area contributed by atoms with Crippen molar-refractivity contribution in [1.82, 2.24) is 4.90 Å². The smallest absolute Gasteiger partial charge is 0.256 e. The Kier molecular flexibility index (Phi) is 4.11. The van der Waals surface area contributed by atoms with Crippen molar-refractivity contribution >= 4 is 21.8 Å². The molecule has 1 amide bonds. The molecule has 0 bridgehead atoms. The summed E-state index contributed by atoms with van der Waals surface area (Å²) in [5, 5.41) is 0. The fourth-order valence-corrected chi connectivity index (χ4v) is 3.98. The summed E-state index contributed by atoms with van der Waals surface area (Å²) >= 11 is 3.31. The number of carbonyl (C=O) groups is 1. The van der Waals surface area contributed by atoms with E-state index in [1.165, 1.54) is 31.7 Å². The molecule has 4 heteroatoms. The molecule has 0 spiro atoms. The van der Waals surface area contributed by atoms with Gasteiger partial charge in [0.05, 0.1) is 5.56 Å². The third kappa shape index (κ3) is 2.76. The number of fused-ring (bicyclic) bond motifs is 1. The van der Waals surface area contributed by atoms with Crippen LogP contribution < -0.4 is 0 Å². The fraction of sp³-hybridized carbons (Fsp3) is 0.562. The van der Waals surface area contributed by atoms with Crippen molar-refractivity contribution < 1.29 is 9.18 Å². The van der Waals surface area contributed by atoms with Crippen molar-refractivity contribution in [2.75, 3.05) is 13.1 Å². The van der Waals surface area contributed by atoms with Gasteiger partial charge < -0.3 is 4.90 Å². The molecular formula is C16H19BrFNO. The zero-order valence-electron chi connectivity index (χ0n) is 11.4. The fourth-order valence-electron chi connectivity index (χ4n) is 3.62. The van der Waals surface area contributed by atoms with Crippen LogP contribution in [0.3, 0.4) is 0 Å². The number of amides is 1. The average molecular weight is 340 g/mol. The predicted molar refractivity (Wildman–Crippen MR) is 80.1 cm³/mol. The largest absolute Gasteiger partial charge is 0.338 e. The zero-order chi connectivity index (χ0) is 14.1. The molecule has 0 radical (unpaired) electrons. The molecule has 1 aromatic carbocycles. The second kappa shape index (κ2) is 5.84. The first-order valence-electron chi connectivity index (χ1n) is 7.39. The van der Waals surface area contributed by atoms with Crippen LogP contribution in [0.2, 0.25) is 0 Å². The van der Waals surface area contributed by atoms with Gasteiger partial charge in [-0.05, 0) is 42.9 Å². The third-order valence-corrected chi connectivity index (χ3v) is 5.23. The van der Waals surface area contributed by atoms with Gasteiger partial charge in [0, 0.05) is 17.6 Å². The Hall–Kier alpha value is -0.900. The lowest BCUT2D eigenvalue weighted by molar-refractivity contribution is 0.0516. The van der Waals surface area contributed by atoms with Crippen molar-refractivity contribution in [3.05, 3.63) is 34.1 Å². The summed E-state index contributed by atoms with van der Waals surface area (Å²) in [5.41, 5.74) is 0.189. The van der Waals surface area contributed by atoms with Crippen LogP contribution in [0.5, 0.6) is 0 Å². The van der Waals surface area contributed by atoms with E-state index in [1.807, 2.05) is 4.90 Å². The Morgan fingerprint density at radius 3 is 2.75 bits per heavy atom. The van der Waals surface area contributed by atoms with Crippen LogP contribution in [0.4, 0.5) is 4.39 Å². The maximum Gasteiger partial charge on any atom is 0.256 e. The lowest BCUT2D eigenvalue weighted by atomic mass is 9.75. The first kappa shape index (κ1) is 14.1. The van der Waals surface area contributed by atoms with Crippen LogP contribution >= 0.6 is 15.9 Å². The topological polar surface area (TPSA) is 20.3 Å². The normalized spacial score (nSPS) is 26.2. The highest BCUT2D eigenvalue weighted by Crippen LogP contribution is 2.36. The van der Waals surface area contributed by atoms with E-state index < -0.39 is 5.82 Å². The predicted octanol–water partition coefficient (Wildman–Crippen LogP) is 4.24. The van der Waals surface area contributed by atoms with E-state index in [2.05, 4.69) is 15.9 Å². The maximum atomic E-state index is 13.8. The summed E-state index contributed by atoms with van der Waals surface area (Å²) in [6, 6.07) is 4.56. The van der Waals surface area contributed by atoms with Crippen LogP contribution in [0.15, 0.2) is 22.7 Å². The number of halogens is 2. The van der Waals surface area contributed by atoms with Gasteiger partial charge in [0.25, 0.3) is 5.91 Å². The first-order valence-corrected chi connectivity index (χ1v) is 8.19. The number of benzene rings is 1. The van der Waals surface area contributed by atoms with Gasteiger partial charge in [0.15, 0.2) is 0 Å². The SMILES string of the molecule is O=C(c1cc(Br)ccc1F)N1CC[C@H]2CCCC[C@@H]2C1. The van der Waals surface area contributed by atoms with Gasteiger partial charge in [-0.15, -0.1) is 0 Å². The molecule has 20 heavy (non-hydrogen) atoms. The Bertz CT molecular complexity index is 519. The quantitative estimate of drug-likeness (QED) is 0.749. The monoisotopic (exact) mass is 339 g/mol. The van der Waals surface area contributed by atoms with Crippen LogP contribution in [0.25, 0.3) is 0 Å². The molecule has 2 atom stereocenters. The van der Waals surface area contributed by atoms with Crippen LogP contribution in [0.1, 0.15) is 42.5 Å². The Labute approximate surface area is 127 Å². The Morgan fingerprint density at radius 1 is 1.20 bits per heavy atom. The minimum Gasteiger partial charge on any atom is -0.338 e. The van der Waals surface area contributed by atoms with Crippen molar-refractivity contribution in [3.8, 4) is 0 Å². The molecule has 2 fully saturated rings. The lowest BCUT2D eigenvalue weighted by Crippen LogP contribution is -2.45. The Balaban J connectivity index is 1.76. The highest BCUT2D eigenvalue weighted by atomic mass is 79.9. The number of nitrogens with zero attached hydrogens (tertiary/aromatic N) is 1. The van der Waals surface area contributed by atoms with Gasteiger partial charge in [-0.1, -0.05) is 35.2 Å². The number of carbonyl (C=O) groups excluding carboxylic acids is 1. The van der Waals surface area contributed by atoms with E-state index in [4.69, 9.17) is 0 Å². The highest BCUT2D eigenvalue weighted by molar-refractivity contribution is 9.10. The molecule has 2 aliphatic rings. The van der Waals surface area contributed by atoms with Crippen LogP contribution in [0, 0.1) is 17.7 Å². The standard InChI is InChI=1S/C16H19BrFNO/c17-13-5-6-15(18)14(9-13)16(20)19-8-7-11-3-1-2-4-12(11)10-19/h5-6,9,11-12H,1-4,7-8,10H2/t11-,12-/m1/s1. The van der Waals surface area contributed by atoms with Gasteiger partial charge in [-0.25, -0.2) is 4.39 Å². The number of hydrogen-bond donors (Lipinski definition) is 0. The van der Waals surface area contributed by atoms with E-state index in [-0.39, 0.29) is 11.5 Å². The average Bonchev–Trinajstić information content (AvgIpc) is 2.48. The molecule has 2 nitrogen and oxygen atoms in total. The van der Waals surface area contributed by atoms with E-state index in [0.29, 0.717) is 5.92 Å². The molecule has 1 aliphatic heterocycles.